The van der Waals surface area contributed by atoms with Crippen molar-refractivity contribution in [3.63, 3.8) is 0 Å². The Balaban J connectivity index is 3.00. The first-order valence-corrected chi connectivity index (χ1v) is 5.15. The SMILES string of the molecule is CCOC(=O)Cc1ccc(OC)c(C(F)(F)F)n1. The van der Waals surface area contributed by atoms with E-state index in [4.69, 9.17) is 0 Å². The minimum atomic E-state index is -4.63. The fourth-order valence-corrected chi connectivity index (χ4v) is 1.31. The van der Waals surface area contributed by atoms with Gasteiger partial charge in [-0.05, 0) is 19.1 Å². The van der Waals surface area contributed by atoms with Gasteiger partial charge in [-0.1, -0.05) is 0 Å². The molecule has 0 bridgehead atoms. The number of methoxy groups -OCH3 is 1. The summed E-state index contributed by atoms with van der Waals surface area (Å²) in [5.41, 5.74) is -1.16. The Bertz CT molecular complexity index is 432. The van der Waals surface area contributed by atoms with E-state index in [0.29, 0.717) is 0 Å². The number of halogens is 3. The van der Waals surface area contributed by atoms with E-state index < -0.39 is 17.8 Å². The molecule has 0 spiro atoms. The van der Waals surface area contributed by atoms with E-state index in [-0.39, 0.29) is 24.5 Å². The van der Waals surface area contributed by atoms with Gasteiger partial charge >= 0.3 is 12.1 Å². The second-order valence-electron chi connectivity index (χ2n) is 3.33. The maximum Gasteiger partial charge on any atom is 0.437 e. The van der Waals surface area contributed by atoms with Crippen molar-refractivity contribution in [3.8, 4) is 5.75 Å². The second kappa shape index (κ2) is 5.70. The quantitative estimate of drug-likeness (QED) is 0.781. The molecule has 0 unspecified atom stereocenters. The van der Waals surface area contributed by atoms with Crippen molar-refractivity contribution < 1.29 is 27.4 Å². The summed E-state index contributed by atoms with van der Waals surface area (Å²) < 4.78 is 47.1. The average Bonchev–Trinajstić information content (AvgIpc) is 2.28. The molecule has 0 N–H and O–H groups in total. The fourth-order valence-electron chi connectivity index (χ4n) is 1.31. The number of nitrogens with zero attached hydrogens (tertiary/aromatic N) is 1. The third-order valence-corrected chi connectivity index (χ3v) is 2.04. The molecule has 0 aromatic carbocycles. The van der Waals surface area contributed by atoms with Crippen LogP contribution in [0.2, 0.25) is 0 Å². The second-order valence-corrected chi connectivity index (χ2v) is 3.33. The number of esters is 1. The maximum atomic E-state index is 12.6. The van der Waals surface area contributed by atoms with Gasteiger partial charge in [-0.3, -0.25) is 4.79 Å². The summed E-state index contributed by atoms with van der Waals surface area (Å²) in [6.07, 6.45) is -4.93. The van der Waals surface area contributed by atoms with Crippen LogP contribution in [0.3, 0.4) is 0 Å². The van der Waals surface area contributed by atoms with Gasteiger partial charge in [0.25, 0.3) is 0 Å². The summed E-state index contributed by atoms with van der Waals surface area (Å²) in [5.74, 6) is -1.00. The average molecular weight is 263 g/mol. The van der Waals surface area contributed by atoms with Crippen LogP contribution in [0, 0.1) is 0 Å². The van der Waals surface area contributed by atoms with E-state index in [1.54, 1.807) is 6.92 Å². The largest absolute Gasteiger partial charge is 0.494 e. The van der Waals surface area contributed by atoms with Gasteiger partial charge in [0, 0.05) is 0 Å². The Labute approximate surface area is 102 Å². The highest BCUT2D eigenvalue weighted by molar-refractivity contribution is 5.72. The van der Waals surface area contributed by atoms with E-state index in [1.807, 2.05) is 0 Å². The first-order chi connectivity index (χ1) is 8.38. The lowest BCUT2D eigenvalue weighted by Gasteiger charge is -2.12. The van der Waals surface area contributed by atoms with Crippen LogP contribution in [0.4, 0.5) is 13.2 Å². The van der Waals surface area contributed by atoms with Gasteiger partial charge in [0.15, 0.2) is 5.69 Å². The van der Waals surface area contributed by atoms with Crippen molar-refractivity contribution in [2.75, 3.05) is 13.7 Å². The van der Waals surface area contributed by atoms with Gasteiger partial charge in [0.1, 0.15) is 5.75 Å². The van der Waals surface area contributed by atoms with E-state index in [1.165, 1.54) is 6.07 Å². The van der Waals surface area contributed by atoms with Crippen LogP contribution in [-0.2, 0) is 22.1 Å². The minimum Gasteiger partial charge on any atom is -0.494 e. The molecule has 0 amide bonds. The first-order valence-electron chi connectivity index (χ1n) is 5.15. The normalized spacial score (nSPS) is 11.2. The predicted molar refractivity (Wildman–Crippen MR) is 56.1 cm³/mol. The first kappa shape index (κ1) is 14.3. The summed E-state index contributed by atoms with van der Waals surface area (Å²) >= 11 is 0. The molecular weight excluding hydrogens is 251 g/mol. The zero-order chi connectivity index (χ0) is 13.8. The number of aromatic nitrogens is 1. The molecule has 1 rings (SSSR count). The highest BCUT2D eigenvalue weighted by atomic mass is 19.4. The molecule has 0 atom stereocenters. The zero-order valence-corrected chi connectivity index (χ0v) is 9.87. The molecule has 100 valence electrons. The lowest BCUT2D eigenvalue weighted by molar-refractivity contribution is -0.144. The fraction of sp³-hybridized carbons (Fsp3) is 0.455. The number of alkyl halides is 3. The van der Waals surface area contributed by atoms with Crippen molar-refractivity contribution in [1.82, 2.24) is 4.98 Å². The van der Waals surface area contributed by atoms with E-state index in [9.17, 15) is 18.0 Å². The number of ether oxygens (including phenoxy) is 2. The molecule has 0 saturated carbocycles. The van der Waals surface area contributed by atoms with Gasteiger partial charge < -0.3 is 9.47 Å². The maximum absolute atomic E-state index is 12.6. The molecule has 0 radical (unpaired) electrons. The molecule has 1 aromatic rings. The molecule has 0 saturated heterocycles. The number of pyridine rings is 1. The summed E-state index contributed by atoms with van der Waals surface area (Å²) in [7, 11) is 1.12. The zero-order valence-electron chi connectivity index (χ0n) is 9.87. The number of carbonyl (C=O) groups is 1. The Hall–Kier alpha value is -1.79. The molecule has 0 fully saturated rings. The van der Waals surface area contributed by atoms with Crippen molar-refractivity contribution in [3.05, 3.63) is 23.5 Å². The monoisotopic (exact) mass is 263 g/mol. The van der Waals surface area contributed by atoms with Crippen LogP contribution in [0.15, 0.2) is 12.1 Å². The van der Waals surface area contributed by atoms with Crippen molar-refractivity contribution >= 4 is 5.97 Å². The number of hydrogen-bond acceptors (Lipinski definition) is 4. The Morgan fingerprint density at radius 3 is 2.56 bits per heavy atom. The van der Waals surface area contributed by atoms with Gasteiger partial charge in [-0.15, -0.1) is 0 Å². The standard InChI is InChI=1S/C11H12F3NO3/c1-3-18-9(16)6-7-4-5-8(17-2)10(15-7)11(12,13)14/h4-5H,3,6H2,1-2H3. The molecule has 0 aliphatic heterocycles. The van der Waals surface area contributed by atoms with Gasteiger partial charge in [0.2, 0.25) is 0 Å². The van der Waals surface area contributed by atoms with E-state index in [0.717, 1.165) is 13.2 Å². The molecular formula is C11H12F3NO3. The lowest BCUT2D eigenvalue weighted by Crippen LogP contribution is -2.14. The van der Waals surface area contributed by atoms with Gasteiger partial charge in [-0.2, -0.15) is 13.2 Å². The van der Waals surface area contributed by atoms with Crippen molar-refractivity contribution in [2.45, 2.75) is 19.5 Å². The smallest absolute Gasteiger partial charge is 0.437 e. The number of rotatable bonds is 4. The van der Waals surface area contributed by atoms with Crippen molar-refractivity contribution in [2.24, 2.45) is 0 Å². The molecule has 0 aliphatic rings. The topological polar surface area (TPSA) is 48.4 Å². The molecule has 18 heavy (non-hydrogen) atoms. The molecule has 0 aliphatic carbocycles. The highest BCUT2D eigenvalue weighted by Gasteiger charge is 2.36. The number of carbonyl (C=O) groups excluding carboxylic acids is 1. The summed E-state index contributed by atoms with van der Waals surface area (Å²) in [4.78, 5) is 14.5. The third-order valence-electron chi connectivity index (χ3n) is 2.04. The third kappa shape index (κ3) is 3.61. The van der Waals surface area contributed by atoms with Gasteiger partial charge in [0.05, 0.1) is 25.8 Å². The number of hydrogen-bond donors (Lipinski definition) is 0. The molecule has 1 heterocycles. The van der Waals surface area contributed by atoms with Crippen molar-refractivity contribution in [1.29, 1.82) is 0 Å². The van der Waals surface area contributed by atoms with Crippen LogP contribution < -0.4 is 4.74 Å². The molecule has 7 heteroatoms. The predicted octanol–water partition coefficient (Wildman–Crippen LogP) is 2.21. The molecule has 4 nitrogen and oxygen atoms in total. The van der Waals surface area contributed by atoms with E-state index >= 15 is 0 Å². The lowest BCUT2D eigenvalue weighted by atomic mass is 10.2. The summed E-state index contributed by atoms with van der Waals surface area (Å²) in [6, 6.07) is 2.43. The van der Waals surface area contributed by atoms with Gasteiger partial charge in [-0.25, -0.2) is 4.98 Å². The molecule has 1 aromatic heterocycles. The Morgan fingerprint density at radius 2 is 2.06 bits per heavy atom. The van der Waals surface area contributed by atoms with Crippen LogP contribution in [0.25, 0.3) is 0 Å². The highest BCUT2D eigenvalue weighted by Crippen LogP contribution is 2.34. The van der Waals surface area contributed by atoms with Crippen LogP contribution in [0.1, 0.15) is 18.3 Å². The Morgan fingerprint density at radius 1 is 1.39 bits per heavy atom. The van der Waals surface area contributed by atoms with Crippen LogP contribution in [0.5, 0.6) is 5.75 Å². The summed E-state index contributed by atoms with van der Waals surface area (Å²) in [6.45, 7) is 1.78. The van der Waals surface area contributed by atoms with Crippen LogP contribution in [-0.4, -0.2) is 24.7 Å². The Kier molecular flexibility index (Phi) is 4.52. The minimum absolute atomic E-state index is 0.0124. The van der Waals surface area contributed by atoms with E-state index in [2.05, 4.69) is 14.5 Å². The summed E-state index contributed by atoms with van der Waals surface area (Å²) in [5, 5.41) is 0. The van der Waals surface area contributed by atoms with Crippen LogP contribution >= 0.6 is 0 Å².